The van der Waals surface area contributed by atoms with Gasteiger partial charge in [-0.25, -0.2) is 0 Å². The average molecular weight is 251 g/mol. The molecular weight excluding hydrogens is 234 g/mol. The molecule has 1 atom stereocenters. The fraction of sp³-hybridized carbons (Fsp3) is 0.417. The number of nitro groups is 1. The van der Waals surface area contributed by atoms with Crippen LogP contribution in [0.4, 0.5) is 5.69 Å². The molecule has 0 spiro atoms. The molecule has 0 radical (unpaired) electrons. The predicted octanol–water partition coefficient (Wildman–Crippen LogP) is 1.51. The first-order chi connectivity index (χ1) is 8.24. The highest BCUT2D eigenvalue weighted by atomic mass is 16.6. The van der Waals surface area contributed by atoms with Gasteiger partial charge in [0.15, 0.2) is 0 Å². The number of nitrogens with one attached hydrogen (secondary N) is 1. The van der Waals surface area contributed by atoms with Gasteiger partial charge in [-0.3, -0.25) is 20.2 Å². The lowest BCUT2D eigenvalue weighted by Crippen LogP contribution is -2.51. The zero-order chi connectivity index (χ0) is 13.9. The number of carbonyl (C=O) groups excluding carboxylic acids is 1. The second-order valence-corrected chi connectivity index (χ2v) is 4.71. The number of hydrogen-bond acceptors (Lipinski definition) is 4. The van der Waals surface area contributed by atoms with Crippen LogP contribution in [0.3, 0.4) is 0 Å². The predicted molar refractivity (Wildman–Crippen MR) is 67.9 cm³/mol. The topological polar surface area (TPSA) is 98.3 Å². The van der Waals surface area contributed by atoms with Crippen molar-refractivity contribution >= 4 is 11.6 Å². The lowest BCUT2D eigenvalue weighted by atomic mass is 10.00. The summed E-state index contributed by atoms with van der Waals surface area (Å²) in [4.78, 5) is 21.4. The molecule has 1 unspecified atom stereocenters. The molecular formula is C12H17N3O3. The minimum absolute atomic E-state index is 0.0260. The third-order valence-electron chi connectivity index (χ3n) is 2.77. The monoisotopic (exact) mass is 251 g/mol. The highest BCUT2D eigenvalue weighted by molar-refractivity contribution is 5.83. The first kappa shape index (κ1) is 14.1. The van der Waals surface area contributed by atoms with Crippen LogP contribution in [0.5, 0.6) is 0 Å². The summed E-state index contributed by atoms with van der Waals surface area (Å²) in [5, 5.41) is 13.7. The van der Waals surface area contributed by atoms with Crippen molar-refractivity contribution in [3.05, 3.63) is 39.9 Å². The molecule has 0 saturated carbocycles. The van der Waals surface area contributed by atoms with Crippen LogP contribution >= 0.6 is 0 Å². The van der Waals surface area contributed by atoms with Crippen LogP contribution in [0.2, 0.25) is 0 Å². The Morgan fingerprint density at radius 3 is 2.61 bits per heavy atom. The Labute approximate surface area is 105 Å². The van der Waals surface area contributed by atoms with E-state index in [-0.39, 0.29) is 11.7 Å². The first-order valence-electron chi connectivity index (χ1n) is 5.56. The van der Waals surface area contributed by atoms with Crippen molar-refractivity contribution in [2.45, 2.75) is 32.4 Å². The van der Waals surface area contributed by atoms with Crippen LogP contribution in [-0.4, -0.2) is 16.4 Å². The van der Waals surface area contributed by atoms with Gasteiger partial charge in [0, 0.05) is 18.2 Å². The average Bonchev–Trinajstić information content (AvgIpc) is 2.28. The van der Waals surface area contributed by atoms with E-state index in [1.54, 1.807) is 26.0 Å². The Kier molecular flexibility index (Phi) is 4.03. The second kappa shape index (κ2) is 5.14. The summed E-state index contributed by atoms with van der Waals surface area (Å²) in [6, 6.07) is 6.07. The fourth-order valence-corrected chi connectivity index (χ4v) is 1.60. The number of nitrogens with two attached hydrogens (primary N) is 1. The highest BCUT2D eigenvalue weighted by Gasteiger charge is 2.27. The summed E-state index contributed by atoms with van der Waals surface area (Å²) >= 11 is 0. The van der Waals surface area contributed by atoms with Gasteiger partial charge in [-0.15, -0.1) is 0 Å². The highest BCUT2D eigenvalue weighted by Crippen LogP contribution is 2.20. The lowest BCUT2D eigenvalue weighted by Gasteiger charge is -2.27. The second-order valence-electron chi connectivity index (χ2n) is 4.71. The number of nitrogens with zero attached hydrogens (tertiary/aromatic N) is 1. The van der Waals surface area contributed by atoms with Crippen LogP contribution in [0.25, 0.3) is 0 Å². The summed E-state index contributed by atoms with van der Waals surface area (Å²) < 4.78 is 0. The van der Waals surface area contributed by atoms with Crippen molar-refractivity contribution in [1.29, 1.82) is 0 Å². The molecule has 1 aromatic carbocycles. The molecule has 1 aromatic rings. The number of non-ortho nitro benzene ring substituents is 1. The molecule has 3 N–H and O–H groups in total. The van der Waals surface area contributed by atoms with Gasteiger partial charge in [0.05, 0.1) is 10.5 Å². The largest absolute Gasteiger partial charge is 0.368 e. The van der Waals surface area contributed by atoms with E-state index < -0.39 is 16.4 Å². The standard InChI is InChI=1S/C12H17N3O3/c1-8(14-12(2,3)11(13)16)9-5-4-6-10(7-9)15(17)18/h4-8,14H,1-3H3,(H2,13,16). The van der Waals surface area contributed by atoms with E-state index in [9.17, 15) is 14.9 Å². The molecule has 0 aliphatic carbocycles. The summed E-state index contributed by atoms with van der Waals surface area (Å²) in [5.41, 5.74) is 5.15. The number of carbonyl (C=O) groups is 1. The first-order valence-corrected chi connectivity index (χ1v) is 5.56. The van der Waals surface area contributed by atoms with E-state index >= 15 is 0 Å². The van der Waals surface area contributed by atoms with Gasteiger partial charge in [0.1, 0.15) is 0 Å². The number of hydrogen-bond donors (Lipinski definition) is 2. The molecule has 0 aliphatic rings. The van der Waals surface area contributed by atoms with E-state index in [0.717, 1.165) is 5.56 Å². The summed E-state index contributed by atoms with van der Waals surface area (Å²) in [7, 11) is 0. The third kappa shape index (κ3) is 3.27. The van der Waals surface area contributed by atoms with E-state index in [4.69, 9.17) is 5.73 Å². The van der Waals surface area contributed by atoms with E-state index in [0.29, 0.717) is 0 Å². The Hall–Kier alpha value is -1.95. The van der Waals surface area contributed by atoms with E-state index in [2.05, 4.69) is 5.32 Å². The number of nitro benzene ring substituents is 1. The smallest absolute Gasteiger partial charge is 0.269 e. The Bertz CT molecular complexity index is 471. The number of rotatable bonds is 5. The fourth-order valence-electron chi connectivity index (χ4n) is 1.60. The summed E-state index contributed by atoms with van der Waals surface area (Å²) in [6.07, 6.45) is 0. The molecule has 0 bridgehead atoms. The van der Waals surface area contributed by atoms with Gasteiger partial charge >= 0.3 is 0 Å². The molecule has 6 heteroatoms. The molecule has 1 amide bonds. The number of benzene rings is 1. The van der Waals surface area contributed by atoms with Crippen LogP contribution in [0, 0.1) is 10.1 Å². The quantitative estimate of drug-likeness (QED) is 0.612. The van der Waals surface area contributed by atoms with Gasteiger partial charge < -0.3 is 5.73 Å². The molecule has 1 rings (SSSR count). The van der Waals surface area contributed by atoms with Gasteiger partial charge in [-0.2, -0.15) is 0 Å². The van der Waals surface area contributed by atoms with E-state index in [1.165, 1.54) is 12.1 Å². The normalized spacial score (nSPS) is 13.1. The van der Waals surface area contributed by atoms with Crippen molar-refractivity contribution in [1.82, 2.24) is 5.32 Å². The minimum Gasteiger partial charge on any atom is -0.368 e. The molecule has 98 valence electrons. The lowest BCUT2D eigenvalue weighted by molar-refractivity contribution is -0.384. The van der Waals surface area contributed by atoms with Crippen LogP contribution in [0.1, 0.15) is 32.4 Å². The molecule has 0 aliphatic heterocycles. The molecule has 0 heterocycles. The molecule has 18 heavy (non-hydrogen) atoms. The van der Waals surface area contributed by atoms with Gasteiger partial charge in [-0.1, -0.05) is 12.1 Å². The Morgan fingerprint density at radius 1 is 1.50 bits per heavy atom. The van der Waals surface area contributed by atoms with Crippen LogP contribution in [-0.2, 0) is 4.79 Å². The van der Waals surface area contributed by atoms with Gasteiger partial charge in [-0.05, 0) is 26.3 Å². The van der Waals surface area contributed by atoms with Crippen molar-refractivity contribution in [3.63, 3.8) is 0 Å². The zero-order valence-corrected chi connectivity index (χ0v) is 10.6. The Balaban J connectivity index is 2.91. The van der Waals surface area contributed by atoms with Crippen LogP contribution in [0.15, 0.2) is 24.3 Å². The maximum absolute atomic E-state index is 11.2. The van der Waals surface area contributed by atoms with Crippen molar-refractivity contribution in [2.24, 2.45) is 5.73 Å². The third-order valence-corrected chi connectivity index (χ3v) is 2.77. The van der Waals surface area contributed by atoms with Crippen molar-refractivity contribution in [3.8, 4) is 0 Å². The van der Waals surface area contributed by atoms with Crippen molar-refractivity contribution in [2.75, 3.05) is 0 Å². The van der Waals surface area contributed by atoms with E-state index in [1.807, 2.05) is 6.92 Å². The molecule has 6 nitrogen and oxygen atoms in total. The maximum atomic E-state index is 11.2. The summed E-state index contributed by atoms with van der Waals surface area (Å²) in [6.45, 7) is 5.16. The van der Waals surface area contributed by atoms with Gasteiger partial charge in [0.2, 0.25) is 5.91 Å². The zero-order valence-electron chi connectivity index (χ0n) is 10.6. The van der Waals surface area contributed by atoms with Crippen molar-refractivity contribution < 1.29 is 9.72 Å². The molecule has 0 fully saturated rings. The van der Waals surface area contributed by atoms with Crippen LogP contribution < -0.4 is 11.1 Å². The number of amides is 1. The summed E-state index contributed by atoms with van der Waals surface area (Å²) in [5.74, 6) is -0.472. The Morgan fingerprint density at radius 2 is 2.11 bits per heavy atom. The molecule has 0 saturated heterocycles. The molecule has 0 aromatic heterocycles. The maximum Gasteiger partial charge on any atom is 0.269 e. The number of primary amides is 1. The SMILES string of the molecule is CC(NC(C)(C)C(N)=O)c1cccc([N+](=O)[O-])c1. The van der Waals surface area contributed by atoms with Gasteiger partial charge in [0.25, 0.3) is 5.69 Å². The minimum atomic E-state index is -0.871.